The number of benzene rings is 1. The third-order valence-electron chi connectivity index (χ3n) is 2.69. The maximum Gasteiger partial charge on any atom is 0.387 e. The molecule has 2 amide bonds. The second kappa shape index (κ2) is 7.30. The molecule has 0 saturated heterocycles. The first kappa shape index (κ1) is 15.6. The van der Waals surface area contributed by atoms with Gasteiger partial charge in [0.2, 0.25) is 0 Å². The molecule has 0 spiro atoms. The number of nitrogens with one attached hydrogen (secondary N) is 1. The molecule has 0 saturated carbocycles. The normalized spacial score (nSPS) is 10.4. The fourth-order valence-corrected chi connectivity index (χ4v) is 1.67. The minimum absolute atomic E-state index is 0.0286. The highest BCUT2D eigenvalue weighted by atomic mass is 19.3. The number of alkyl halides is 2. The van der Waals surface area contributed by atoms with E-state index in [1.807, 2.05) is 0 Å². The summed E-state index contributed by atoms with van der Waals surface area (Å²) in [6.07, 6.45) is 4.66. The maximum atomic E-state index is 12.0. The van der Waals surface area contributed by atoms with Gasteiger partial charge >= 0.3 is 12.6 Å². The third kappa shape index (κ3) is 4.65. The largest absolute Gasteiger partial charge is 0.435 e. The van der Waals surface area contributed by atoms with Gasteiger partial charge in [-0.25, -0.2) is 4.79 Å². The van der Waals surface area contributed by atoms with Crippen molar-refractivity contribution in [2.45, 2.75) is 13.2 Å². The maximum absolute atomic E-state index is 12.0. The highest BCUT2D eigenvalue weighted by Crippen LogP contribution is 2.18. The van der Waals surface area contributed by atoms with Crippen LogP contribution in [0.4, 0.5) is 19.3 Å². The Labute approximate surface area is 125 Å². The van der Waals surface area contributed by atoms with E-state index in [0.29, 0.717) is 17.9 Å². The van der Waals surface area contributed by atoms with Crippen LogP contribution in [0.5, 0.6) is 5.75 Å². The van der Waals surface area contributed by atoms with Crippen molar-refractivity contribution in [3.8, 4) is 5.75 Å². The molecular weight excluding hydrogens is 294 g/mol. The number of rotatable bonds is 5. The smallest absolute Gasteiger partial charge is 0.387 e. The van der Waals surface area contributed by atoms with Crippen LogP contribution in [0.15, 0.2) is 42.9 Å². The summed E-state index contributed by atoms with van der Waals surface area (Å²) in [6, 6.07) is 5.31. The number of amides is 2. The summed E-state index contributed by atoms with van der Waals surface area (Å²) in [5, 5.41) is 2.64. The van der Waals surface area contributed by atoms with E-state index in [-0.39, 0.29) is 11.8 Å². The van der Waals surface area contributed by atoms with E-state index in [4.69, 9.17) is 0 Å². The summed E-state index contributed by atoms with van der Waals surface area (Å²) in [4.78, 5) is 21.4. The topological polar surface area (TPSA) is 67.4 Å². The number of nitrogens with zero attached hydrogens (tertiary/aromatic N) is 3. The SMILES string of the molecule is CN(Cc1cnccn1)C(=O)Nc1ccc(OC(F)F)cc1. The average molecular weight is 308 g/mol. The zero-order valence-corrected chi connectivity index (χ0v) is 11.7. The quantitative estimate of drug-likeness (QED) is 0.922. The molecule has 2 aromatic rings. The number of hydrogen-bond donors (Lipinski definition) is 1. The van der Waals surface area contributed by atoms with Crippen molar-refractivity contribution in [2.24, 2.45) is 0 Å². The van der Waals surface area contributed by atoms with Crippen LogP contribution >= 0.6 is 0 Å². The number of anilines is 1. The standard InChI is InChI=1S/C14H14F2N4O2/c1-20(9-11-8-17-6-7-18-11)14(21)19-10-2-4-12(5-3-10)22-13(15)16/h2-8,13H,9H2,1H3,(H,19,21). The fraction of sp³-hybridized carbons (Fsp3) is 0.214. The predicted molar refractivity (Wildman–Crippen MR) is 75.6 cm³/mol. The number of halogens is 2. The number of hydrogen-bond acceptors (Lipinski definition) is 4. The van der Waals surface area contributed by atoms with Crippen LogP contribution in [0.1, 0.15) is 5.69 Å². The van der Waals surface area contributed by atoms with Crippen LogP contribution in [-0.2, 0) is 6.54 Å². The van der Waals surface area contributed by atoms with Crippen molar-refractivity contribution >= 4 is 11.7 Å². The number of carbonyl (C=O) groups is 1. The van der Waals surface area contributed by atoms with E-state index in [0.717, 1.165) is 0 Å². The van der Waals surface area contributed by atoms with E-state index < -0.39 is 6.61 Å². The van der Waals surface area contributed by atoms with Gasteiger partial charge in [0.05, 0.1) is 18.4 Å². The highest BCUT2D eigenvalue weighted by molar-refractivity contribution is 5.89. The zero-order valence-electron chi connectivity index (χ0n) is 11.7. The Hall–Kier alpha value is -2.77. The Balaban J connectivity index is 1.90. The van der Waals surface area contributed by atoms with Crippen LogP contribution in [0, 0.1) is 0 Å². The molecule has 0 radical (unpaired) electrons. The molecule has 0 atom stereocenters. The Kier molecular flexibility index (Phi) is 5.18. The molecule has 8 heteroatoms. The van der Waals surface area contributed by atoms with Gasteiger partial charge in [-0.3, -0.25) is 9.97 Å². The van der Waals surface area contributed by atoms with Crippen molar-refractivity contribution in [3.05, 3.63) is 48.5 Å². The van der Waals surface area contributed by atoms with Crippen LogP contribution in [0.25, 0.3) is 0 Å². The zero-order chi connectivity index (χ0) is 15.9. The van der Waals surface area contributed by atoms with E-state index in [1.165, 1.54) is 29.2 Å². The number of carbonyl (C=O) groups excluding carboxylic acids is 1. The van der Waals surface area contributed by atoms with E-state index in [9.17, 15) is 13.6 Å². The molecule has 1 N–H and O–H groups in total. The number of urea groups is 1. The lowest BCUT2D eigenvalue weighted by Crippen LogP contribution is -2.31. The lowest BCUT2D eigenvalue weighted by Gasteiger charge is -2.17. The van der Waals surface area contributed by atoms with Crippen LogP contribution < -0.4 is 10.1 Å². The van der Waals surface area contributed by atoms with Gasteiger partial charge in [0.1, 0.15) is 5.75 Å². The molecule has 116 valence electrons. The third-order valence-corrected chi connectivity index (χ3v) is 2.69. The van der Waals surface area contributed by atoms with Crippen molar-refractivity contribution in [2.75, 3.05) is 12.4 Å². The van der Waals surface area contributed by atoms with E-state index in [1.54, 1.807) is 25.6 Å². The minimum Gasteiger partial charge on any atom is -0.435 e. The molecule has 0 fully saturated rings. The van der Waals surface area contributed by atoms with Gasteiger partial charge in [0.25, 0.3) is 0 Å². The molecular formula is C14H14F2N4O2. The first-order chi connectivity index (χ1) is 10.5. The summed E-state index contributed by atoms with van der Waals surface area (Å²) in [7, 11) is 1.61. The Morgan fingerprint density at radius 3 is 2.64 bits per heavy atom. The molecule has 0 aliphatic carbocycles. The Bertz CT molecular complexity index is 608. The van der Waals surface area contributed by atoms with Gasteiger partial charge in [0, 0.05) is 25.1 Å². The Morgan fingerprint density at radius 1 is 1.32 bits per heavy atom. The van der Waals surface area contributed by atoms with Gasteiger partial charge in [-0.2, -0.15) is 8.78 Å². The molecule has 1 aromatic carbocycles. The average Bonchev–Trinajstić information content (AvgIpc) is 2.49. The molecule has 1 heterocycles. The molecule has 0 aliphatic rings. The molecule has 6 nitrogen and oxygen atoms in total. The van der Waals surface area contributed by atoms with Crippen LogP contribution in [-0.4, -0.2) is 34.6 Å². The first-order valence-corrected chi connectivity index (χ1v) is 6.36. The van der Waals surface area contributed by atoms with Gasteiger partial charge in [-0.1, -0.05) is 0 Å². The minimum atomic E-state index is -2.88. The van der Waals surface area contributed by atoms with Crippen molar-refractivity contribution < 1.29 is 18.3 Å². The second-order valence-corrected chi connectivity index (χ2v) is 4.39. The van der Waals surface area contributed by atoms with Gasteiger partial charge in [0.15, 0.2) is 0 Å². The van der Waals surface area contributed by atoms with Gasteiger partial charge in [-0.05, 0) is 24.3 Å². The van der Waals surface area contributed by atoms with E-state index in [2.05, 4.69) is 20.0 Å². The molecule has 0 bridgehead atoms. The summed E-state index contributed by atoms with van der Waals surface area (Å²) in [5.41, 5.74) is 1.12. The van der Waals surface area contributed by atoms with Gasteiger partial charge < -0.3 is 15.0 Å². The number of aromatic nitrogens is 2. The van der Waals surface area contributed by atoms with Crippen LogP contribution in [0.3, 0.4) is 0 Å². The highest BCUT2D eigenvalue weighted by Gasteiger charge is 2.10. The molecule has 1 aromatic heterocycles. The van der Waals surface area contributed by atoms with Crippen molar-refractivity contribution in [3.63, 3.8) is 0 Å². The lowest BCUT2D eigenvalue weighted by atomic mass is 10.3. The predicted octanol–water partition coefficient (Wildman–Crippen LogP) is 2.74. The second-order valence-electron chi connectivity index (χ2n) is 4.39. The summed E-state index contributed by atoms with van der Waals surface area (Å²) < 4.78 is 28.3. The van der Waals surface area contributed by atoms with Crippen molar-refractivity contribution in [1.29, 1.82) is 0 Å². The first-order valence-electron chi connectivity index (χ1n) is 6.36. The van der Waals surface area contributed by atoms with E-state index >= 15 is 0 Å². The summed E-state index contributed by atoms with van der Waals surface area (Å²) >= 11 is 0. The molecule has 0 unspecified atom stereocenters. The fourth-order valence-electron chi connectivity index (χ4n) is 1.67. The summed E-state index contributed by atoms with van der Waals surface area (Å²) in [5.74, 6) is 0.0286. The van der Waals surface area contributed by atoms with Crippen LogP contribution in [0.2, 0.25) is 0 Å². The summed E-state index contributed by atoms with van der Waals surface area (Å²) in [6.45, 7) is -2.58. The molecule has 2 rings (SSSR count). The van der Waals surface area contributed by atoms with Gasteiger partial charge in [-0.15, -0.1) is 0 Å². The number of ether oxygens (including phenoxy) is 1. The molecule has 0 aliphatic heterocycles. The molecule has 22 heavy (non-hydrogen) atoms. The van der Waals surface area contributed by atoms with Crippen molar-refractivity contribution in [1.82, 2.24) is 14.9 Å². The lowest BCUT2D eigenvalue weighted by molar-refractivity contribution is -0.0498. The Morgan fingerprint density at radius 2 is 2.05 bits per heavy atom. The monoisotopic (exact) mass is 308 g/mol.